The Kier molecular flexibility index (Phi) is 6.81. The van der Waals surface area contributed by atoms with Crippen LogP contribution in [0.5, 0.6) is 5.75 Å². The highest BCUT2D eigenvalue weighted by Crippen LogP contribution is 2.31. The molecular weight excluding hydrogens is 445 g/mol. The fourth-order valence-electron chi connectivity index (χ4n) is 3.76. The van der Waals surface area contributed by atoms with Crippen LogP contribution in [0.15, 0.2) is 66.0 Å². The van der Waals surface area contributed by atoms with Crippen molar-refractivity contribution in [1.82, 2.24) is 14.8 Å². The summed E-state index contributed by atoms with van der Waals surface area (Å²) in [5.41, 5.74) is 2.09. The van der Waals surface area contributed by atoms with E-state index >= 15 is 0 Å². The first kappa shape index (κ1) is 23.3. The number of aromatic nitrogens is 2. The van der Waals surface area contributed by atoms with E-state index in [9.17, 15) is 18.0 Å². The van der Waals surface area contributed by atoms with Gasteiger partial charge in [0.05, 0.1) is 18.8 Å². The van der Waals surface area contributed by atoms with Crippen molar-refractivity contribution >= 4 is 12.1 Å². The predicted molar refractivity (Wildman–Crippen MR) is 122 cm³/mol. The topological polar surface area (TPSA) is 59.7 Å². The van der Waals surface area contributed by atoms with Crippen LogP contribution in [0, 0.1) is 17.5 Å². The standard InChI is InChI=1S/C25H23F3N4O2/c1-16(25(33)32-23(7-8-29-32)18-10-20(26)13-21(27)11-18)4-3-9-34-24-6-5-17(12-22(24)28)19-14-30-31(2)15-19/h5-6,8,10-15,23H,1,3-4,7,9H2,2H3. The van der Waals surface area contributed by atoms with E-state index in [2.05, 4.69) is 16.8 Å². The van der Waals surface area contributed by atoms with Crippen molar-refractivity contribution in [3.63, 3.8) is 0 Å². The highest BCUT2D eigenvalue weighted by atomic mass is 19.1. The van der Waals surface area contributed by atoms with Crippen LogP contribution in [0.25, 0.3) is 11.1 Å². The lowest BCUT2D eigenvalue weighted by Crippen LogP contribution is -2.28. The van der Waals surface area contributed by atoms with Crippen molar-refractivity contribution in [2.24, 2.45) is 12.1 Å². The number of benzene rings is 2. The zero-order valence-corrected chi connectivity index (χ0v) is 18.5. The molecule has 1 unspecified atom stereocenters. The maximum absolute atomic E-state index is 14.4. The van der Waals surface area contributed by atoms with Gasteiger partial charge in [-0.15, -0.1) is 0 Å². The lowest BCUT2D eigenvalue weighted by molar-refractivity contribution is -0.129. The summed E-state index contributed by atoms with van der Waals surface area (Å²) >= 11 is 0. The Hall–Kier alpha value is -3.88. The van der Waals surface area contributed by atoms with Gasteiger partial charge in [-0.2, -0.15) is 10.2 Å². The summed E-state index contributed by atoms with van der Waals surface area (Å²) in [6, 6.07) is 7.24. The number of nitrogens with zero attached hydrogens (tertiary/aromatic N) is 4. The third-order valence-corrected chi connectivity index (χ3v) is 5.46. The molecule has 2 aromatic carbocycles. The normalized spacial score (nSPS) is 15.1. The molecule has 0 fully saturated rings. The zero-order chi connectivity index (χ0) is 24.2. The second-order valence-electron chi connectivity index (χ2n) is 8.01. The number of aryl methyl sites for hydroxylation is 1. The third-order valence-electron chi connectivity index (χ3n) is 5.46. The van der Waals surface area contributed by atoms with Gasteiger partial charge in [-0.1, -0.05) is 12.6 Å². The molecule has 3 aromatic rings. The minimum atomic E-state index is -0.717. The van der Waals surface area contributed by atoms with Crippen LogP contribution in [0.2, 0.25) is 0 Å². The number of carbonyl (C=O) groups is 1. The van der Waals surface area contributed by atoms with Gasteiger partial charge in [-0.3, -0.25) is 9.48 Å². The molecule has 4 rings (SSSR count). The zero-order valence-electron chi connectivity index (χ0n) is 18.5. The molecule has 1 aromatic heterocycles. The second kappa shape index (κ2) is 9.94. The second-order valence-corrected chi connectivity index (χ2v) is 8.01. The summed E-state index contributed by atoms with van der Waals surface area (Å²) in [7, 11) is 1.79. The van der Waals surface area contributed by atoms with Crippen LogP contribution in [0.1, 0.15) is 30.9 Å². The fraction of sp³-hybridized carbons (Fsp3) is 0.240. The minimum absolute atomic E-state index is 0.113. The SMILES string of the molecule is C=C(CCCOc1ccc(-c2cnn(C)c2)cc1F)C(=O)N1N=CCC1c1cc(F)cc(F)c1. The number of halogens is 3. The van der Waals surface area contributed by atoms with Crippen molar-refractivity contribution < 1.29 is 22.7 Å². The molecule has 1 aliphatic heterocycles. The molecule has 0 saturated heterocycles. The van der Waals surface area contributed by atoms with Crippen LogP contribution >= 0.6 is 0 Å². The molecule has 6 nitrogen and oxygen atoms in total. The van der Waals surface area contributed by atoms with Crippen molar-refractivity contribution in [3.05, 3.63) is 84.0 Å². The number of amides is 1. The largest absolute Gasteiger partial charge is 0.491 e. The van der Waals surface area contributed by atoms with E-state index < -0.39 is 29.4 Å². The summed E-state index contributed by atoms with van der Waals surface area (Å²) in [6.45, 7) is 4.00. The van der Waals surface area contributed by atoms with E-state index in [0.29, 0.717) is 30.4 Å². The van der Waals surface area contributed by atoms with Crippen LogP contribution in [-0.4, -0.2) is 33.5 Å². The fourth-order valence-corrected chi connectivity index (χ4v) is 3.76. The van der Waals surface area contributed by atoms with Gasteiger partial charge in [0.2, 0.25) is 0 Å². The van der Waals surface area contributed by atoms with Gasteiger partial charge in [0.15, 0.2) is 11.6 Å². The van der Waals surface area contributed by atoms with Crippen molar-refractivity contribution in [3.8, 4) is 16.9 Å². The van der Waals surface area contributed by atoms with Gasteiger partial charge >= 0.3 is 0 Å². The monoisotopic (exact) mass is 468 g/mol. The molecule has 1 atom stereocenters. The molecule has 0 radical (unpaired) electrons. The first-order valence-corrected chi connectivity index (χ1v) is 10.7. The molecule has 1 amide bonds. The number of hydrogen-bond donors (Lipinski definition) is 0. The first-order chi connectivity index (χ1) is 16.3. The Balaban J connectivity index is 1.30. The molecule has 0 bridgehead atoms. The van der Waals surface area contributed by atoms with Gasteiger partial charge in [0, 0.05) is 43.1 Å². The molecule has 0 aliphatic carbocycles. The van der Waals surface area contributed by atoms with Crippen LogP contribution < -0.4 is 4.74 Å². The molecule has 0 spiro atoms. The molecule has 0 saturated carbocycles. The molecule has 2 heterocycles. The quantitative estimate of drug-likeness (QED) is 0.338. The van der Waals surface area contributed by atoms with Crippen molar-refractivity contribution in [2.75, 3.05) is 6.61 Å². The number of hydrazone groups is 1. The van der Waals surface area contributed by atoms with Gasteiger partial charge in [-0.25, -0.2) is 18.2 Å². The van der Waals surface area contributed by atoms with Crippen molar-refractivity contribution in [2.45, 2.75) is 25.3 Å². The average molecular weight is 468 g/mol. The summed E-state index contributed by atoms with van der Waals surface area (Å²) in [4.78, 5) is 12.8. The highest BCUT2D eigenvalue weighted by Gasteiger charge is 2.30. The first-order valence-electron chi connectivity index (χ1n) is 10.7. The highest BCUT2D eigenvalue weighted by molar-refractivity contribution is 5.94. The average Bonchev–Trinajstić information content (AvgIpc) is 3.45. The summed E-state index contributed by atoms with van der Waals surface area (Å²) in [5.74, 6) is -2.25. The van der Waals surface area contributed by atoms with E-state index in [1.54, 1.807) is 36.3 Å². The van der Waals surface area contributed by atoms with E-state index in [1.807, 2.05) is 0 Å². The molecular formula is C25H23F3N4O2. The molecule has 34 heavy (non-hydrogen) atoms. The molecule has 176 valence electrons. The van der Waals surface area contributed by atoms with Gasteiger partial charge in [-0.05, 0) is 48.2 Å². The Bertz CT molecular complexity index is 1230. The molecule has 1 aliphatic rings. The molecule has 0 N–H and O–H groups in total. The van der Waals surface area contributed by atoms with Crippen LogP contribution in [0.4, 0.5) is 13.2 Å². The summed E-state index contributed by atoms with van der Waals surface area (Å²) in [6.07, 6.45) is 6.03. The number of rotatable bonds is 8. The molecule has 9 heteroatoms. The van der Waals surface area contributed by atoms with E-state index in [4.69, 9.17) is 4.74 Å². The number of carbonyl (C=O) groups excluding carboxylic acids is 1. The third kappa shape index (κ3) is 5.19. The van der Waals surface area contributed by atoms with Gasteiger partial charge in [0.1, 0.15) is 11.6 Å². The Morgan fingerprint density at radius 3 is 2.59 bits per heavy atom. The van der Waals surface area contributed by atoms with E-state index in [1.165, 1.54) is 29.4 Å². The smallest absolute Gasteiger partial charge is 0.269 e. The maximum atomic E-state index is 14.4. The minimum Gasteiger partial charge on any atom is -0.491 e. The van der Waals surface area contributed by atoms with Gasteiger partial charge in [0.25, 0.3) is 5.91 Å². The van der Waals surface area contributed by atoms with E-state index in [-0.39, 0.29) is 17.9 Å². The number of ether oxygens (including phenoxy) is 1. The lowest BCUT2D eigenvalue weighted by Gasteiger charge is -2.23. The lowest BCUT2D eigenvalue weighted by atomic mass is 10.0. The van der Waals surface area contributed by atoms with Crippen molar-refractivity contribution in [1.29, 1.82) is 0 Å². The number of hydrogen-bond acceptors (Lipinski definition) is 4. The van der Waals surface area contributed by atoms with E-state index in [0.717, 1.165) is 11.6 Å². The Morgan fingerprint density at radius 2 is 1.91 bits per heavy atom. The Morgan fingerprint density at radius 1 is 1.15 bits per heavy atom. The van der Waals surface area contributed by atoms with Gasteiger partial charge < -0.3 is 4.74 Å². The predicted octanol–water partition coefficient (Wildman–Crippen LogP) is 5.18. The summed E-state index contributed by atoms with van der Waals surface area (Å²) < 4.78 is 48.8. The Labute approximate surface area is 195 Å². The summed E-state index contributed by atoms with van der Waals surface area (Å²) in [5, 5.41) is 9.33. The maximum Gasteiger partial charge on any atom is 0.269 e. The van der Waals surface area contributed by atoms with Crippen LogP contribution in [0.3, 0.4) is 0 Å². The van der Waals surface area contributed by atoms with Crippen LogP contribution in [-0.2, 0) is 11.8 Å².